The molecule has 0 aromatic carbocycles. The third-order valence-electron chi connectivity index (χ3n) is 3.95. The summed E-state index contributed by atoms with van der Waals surface area (Å²) in [6.45, 7) is 0.558. The summed E-state index contributed by atoms with van der Waals surface area (Å²) < 4.78 is 40.4. The van der Waals surface area contributed by atoms with Gasteiger partial charge in [0.2, 0.25) is 5.91 Å². The van der Waals surface area contributed by atoms with Crippen molar-refractivity contribution in [1.29, 1.82) is 5.26 Å². The molecule has 0 atom stereocenters. The van der Waals surface area contributed by atoms with E-state index in [-0.39, 0.29) is 36.8 Å². The summed E-state index contributed by atoms with van der Waals surface area (Å²) in [5.41, 5.74) is 3.86. The Morgan fingerprint density at radius 2 is 2.21 bits per heavy atom. The van der Waals surface area contributed by atoms with Crippen molar-refractivity contribution in [3.8, 4) is 6.07 Å². The highest BCUT2D eigenvalue weighted by molar-refractivity contribution is 6.09. The molecule has 0 aliphatic carbocycles. The first-order valence-corrected chi connectivity index (χ1v) is 8.38. The van der Waals surface area contributed by atoms with Crippen molar-refractivity contribution in [2.75, 3.05) is 37.7 Å². The molecule has 1 aliphatic heterocycles. The molecule has 11 heteroatoms. The molecule has 2 rings (SSSR count). The van der Waals surface area contributed by atoms with Crippen molar-refractivity contribution >= 4 is 23.5 Å². The Morgan fingerprint density at radius 1 is 1.50 bits per heavy atom. The maximum atomic E-state index is 13.5. The minimum absolute atomic E-state index is 0.0491. The molecule has 0 bridgehead atoms. The molecule has 1 fully saturated rings. The first-order valence-electron chi connectivity index (χ1n) is 8.38. The second kappa shape index (κ2) is 9.18. The fourth-order valence-corrected chi connectivity index (χ4v) is 2.44. The molecule has 0 saturated carbocycles. The van der Waals surface area contributed by atoms with Gasteiger partial charge in [0.05, 0.1) is 17.9 Å². The number of pyridine rings is 1. The van der Waals surface area contributed by atoms with Gasteiger partial charge in [-0.15, -0.1) is 0 Å². The lowest BCUT2D eigenvalue weighted by molar-refractivity contribution is -0.137. The molecule has 0 unspecified atom stereocenters. The molecule has 0 spiro atoms. The number of aliphatic hydroxyl groups is 1. The topological polar surface area (TPSA) is 128 Å². The van der Waals surface area contributed by atoms with E-state index in [1.807, 2.05) is 0 Å². The predicted molar refractivity (Wildman–Crippen MR) is 96.4 cm³/mol. The molecule has 28 heavy (non-hydrogen) atoms. The Kier molecular flexibility index (Phi) is 6.94. The van der Waals surface area contributed by atoms with Crippen LogP contribution in [-0.4, -0.2) is 55.0 Å². The first-order chi connectivity index (χ1) is 13.3. The van der Waals surface area contributed by atoms with Gasteiger partial charge < -0.3 is 21.1 Å². The Balaban J connectivity index is 2.37. The van der Waals surface area contributed by atoms with Crippen LogP contribution in [0.5, 0.6) is 0 Å². The van der Waals surface area contributed by atoms with Crippen molar-refractivity contribution < 1.29 is 23.1 Å². The van der Waals surface area contributed by atoms with Crippen LogP contribution in [0.4, 0.5) is 19.0 Å². The normalized spacial score (nSPS) is 14.7. The van der Waals surface area contributed by atoms with Gasteiger partial charge in [0.1, 0.15) is 24.0 Å². The SMILES string of the molecule is N#Cc1c(C(F)(F)F)cc(/C(C=NCC(=O)NCCO)=C/N)nc1N1CCC1. The quantitative estimate of drug-likeness (QED) is 0.581. The number of aliphatic imine (C=N–C) groups is 1. The smallest absolute Gasteiger partial charge is 0.404 e. The van der Waals surface area contributed by atoms with Crippen molar-refractivity contribution in [2.24, 2.45) is 10.7 Å². The lowest BCUT2D eigenvalue weighted by atomic mass is 10.0. The number of halogens is 3. The summed E-state index contributed by atoms with van der Waals surface area (Å²) in [5, 5.41) is 20.3. The van der Waals surface area contributed by atoms with E-state index in [0.29, 0.717) is 13.1 Å². The maximum Gasteiger partial charge on any atom is 0.417 e. The van der Waals surface area contributed by atoms with Crippen LogP contribution in [0.2, 0.25) is 0 Å². The molecule has 2 heterocycles. The van der Waals surface area contributed by atoms with Crippen molar-refractivity contribution in [3.63, 3.8) is 0 Å². The number of nitrogens with zero attached hydrogens (tertiary/aromatic N) is 4. The fraction of sp³-hybridized carbons (Fsp3) is 0.412. The number of alkyl halides is 3. The van der Waals surface area contributed by atoms with Gasteiger partial charge in [0.15, 0.2) is 0 Å². The third kappa shape index (κ3) is 4.98. The molecule has 4 N–H and O–H groups in total. The van der Waals surface area contributed by atoms with E-state index in [9.17, 15) is 23.2 Å². The second-order valence-electron chi connectivity index (χ2n) is 5.87. The number of rotatable bonds is 7. The summed E-state index contributed by atoms with van der Waals surface area (Å²) in [6, 6.07) is 2.35. The third-order valence-corrected chi connectivity index (χ3v) is 3.95. The number of aromatic nitrogens is 1. The minimum atomic E-state index is -4.75. The zero-order valence-electron chi connectivity index (χ0n) is 14.8. The van der Waals surface area contributed by atoms with E-state index in [1.165, 1.54) is 0 Å². The van der Waals surface area contributed by atoms with Crippen molar-refractivity contribution in [2.45, 2.75) is 12.6 Å². The number of allylic oxidation sites excluding steroid dienone is 1. The summed E-state index contributed by atoms with van der Waals surface area (Å²) in [4.78, 5) is 21.1. The Morgan fingerprint density at radius 3 is 2.71 bits per heavy atom. The number of nitrogens with one attached hydrogen (secondary N) is 1. The van der Waals surface area contributed by atoms with E-state index in [0.717, 1.165) is 24.9 Å². The number of anilines is 1. The highest BCUT2D eigenvalue weighted by atomic mass is 19.4. The highest BCUT2D eigenvalue weighted by Gasteiger charge is 2.37. The van der Waals surface area contributed by atoms with Crippen LogP contribution in [0.25, 0.3) is 5.57 Å². The van der Waals surface area contributed by atoms with E-state index in [2.05, 4.69) is 15.3 Å². The number of hydrogen-bond donors (Lipinski definition) is 3. The summed E-state index contributed by atoms with van der Waals surface area (Å²) in [6.07, 6.45) is -1.78. The van der Waals surface area contributed by atoms with Crippen LogP contribution < -0.4 is 16.0 Å². The van der Waals surface area contributed by atoms with E-state index in [1.54, 1.807) is 11.0 Å². The average Bonchev–Trinajstić information content (AvgIpc) is 2.60. The number of nitriles is 1. The van der Waals surface area contributed by atoms with E-state index in [4.69, 9.17) is 10.8 Å². The van der Waals surface area contributed by atoms with Crippen molar-refractivity contribution in [1.82, 2.24) is 10.3 Å². The van der Waals surface area contributed by atoms with Gasteiger partial charge in [-0.05, 0) is 12.5 Å². The van der Waals surface area contributed by atoms with Crippen LogP contribution in [-0.2, 0) is 11.0 Å². The Labute approximate surface area is 159 Å². The van der Waals surface area contributed by atoms with Crippen LogP contribution in [0, 0.1) is 11.3 Å². The summed E-state index contributed by atoms with van der Waals surface area (Å²) >= 11 is 0. The number of aliphatic hydroxyl groups excluding tert-OH is 1. The van der Waals surface area contributed by atoms with Gasteiger partial charge in [-0.1, -0.05) is 0 Å². The zero-order chi connectivity index (χ0) is 20.7. The molecule has 1 aromatic heterocycles. The molecule has 150 valence electrons. The summed E-state index contributed by atoms with van der Waals surface area (Å²) in [7, 11) is 0. The predicted octanol–water partition coefficient (Wildman–Crippen LogP) is 0.661. The fourth-order valence-electron chi connectivity index (χ4n) is 2.44. The van der Waals surface area contributed by atoms with Gasteiger partial charge >= 0.3 is 6.18 Å². The van der Waals surface area contributed by atoms with E-state index >= 15 is 0 Å². The molecule has 1 amide bonds. The Bertz CT molecular complexity index is 825. The van der Waals surface area contributed by atoms with Gasteiger partial charge in [-0.2, -0.15) is 18.4 Å². The monoisotopic (exact) mass is 396 g/mol. The Hall–Kier alpha value is -3.13. The summed E-state index contributed by atoms with van der Waals surface area (Å²) in [5.74, 6) is -0.515. The average molecular weight is 396 g/mol. The lowest BCUT2D eigenvalue weighted by Crippen LogP contribution is -2.38. The zero-order valence-corrected chi connectivity index (χ0v) is 14.8. The highest BCUT2D eigenvalue weighted by Crippen LogP contribution is 2.37. The van der Waals surface area contributed by atoms with Gasteiger partial charge in [-0.3, -0.25) is 9.79 Å². The second-order valence-corrected chi connectivity index (χ2v) is 5.87. The molecule has 1 saturated heterocycles. The number of carbonyl (C=O) groups excluding carboxylic acids is 1. The van der Waals surface area contributed by atoms with Gasteiger partial charge in [0.25, 0.3) is 0 Å². The molecular weight excluding hydrogens is 377 g/mol. The number of carbonyl (C=O) groups is 1. The van der Waals surface area contributed by atoms with Crippen molar-refractivity contribution in [3.05, 3.63) is 29.1 Å². The standard InChI is InChI=1S/C17H19F3N6O2/c18-17(19,20)13-6-14(25-16(12(13)8-22)26-3-1-4-26)11(7-21)9-23-10-15(28)24-2-5-27/h6-7,9,27H,1-5,10,21H2,(H,24,28)/b11-7+,23-9?. The molecule has 0 radical (unpaired) electrons. The first kappa shape index (κ1) is 21.2. The largest absolute Gasteiger partial charge is 0.417 e. The minimum Gasteiger partial charge on any atom is -0.404 e. The number of amides is 1. The molecule has 1 aliphatic rings. The van der Waals surface area contributed by atoms with Crippen LogP contribution >= 0.6 is 0 Å². The molecular formula is C17H19F3N6O2. The number of nitrogens with two attached hydrogens (primary N) is 1. The van der Waals surface area contributed by atoms with Crippen LogP contribution in [0.3, 0.4) is 0 Å². The van der Waals surface area contributed by atoms with Crippen LogP contribution in [0.15, 0.2) is 17.3 Å². The van der Waals surface area contributed by atoms with Gasteiger partial charge in [0, 0.05) is 37.6 Å². The molecule has 8 nitrogen and oxygen atoms in total. The van der Waals surface area contributed by atoms with Crippen LogP contribution in [0.1, 0.15) is 23.2 Å². The van der Waals surface area contributed by atoms with E-state index < -0.39 is 23.2 Å². The maximum absolute atomic E-state index is 13.5. The van der Waals surface area contributed by atoms with Gasteiger partial charge in [-0.25, -0.2) is 4.98 Å². The molecule has 1 aromatic rings. The number of hydrogen-bond acceptors (Lipinski definition) is 7. The lowest BCUT2D eigenvalue weighted by Gasteiger charge is -2.33.